The van der Waals surface area contributed by atoms with Gasteiger partial charge in [0.1, 0.15) is 11.5 Å². The zero-order chi connectivity index (χ0) is 15.2. The number of hydrogen-bond donors (Lipinski definition) is 0. The van der Waals surface area contributed by atoms with Gasteiger partial charge in [0.2, 0.25) is 0 Å². The van der Waals surface area contributed by atoms with Crippen molar-refractivity contribution in [1.82, 2.24) is 0 Å². The van der Waals surface area contributed by atoms with Crippen LogP contribution in [0.5, 0.6) is 11.5 Å². The standard InChI is InChI=1S/C12H16Cl2O5S.Na/c1-18-11-5-10(8-14)12(6-9(11)7-13)19-3-2-4-20(15,16)17;/h5-6H,2-4,7-8H2,1H3,(H,15,16,17);/q;+1/p-1. The van der Waals surface area contributed by atoms with Gasteiger partial charge in [-0.1, -0.05) is 0 Å². The Kier molecular flexibility index (Phi) is 10.3. The Morgan fingerprint density at radius 2 is 1.67 bits per heavy atom. The third kappa shape index (κ3) is 7.41. The van der Waals surface area contributed by atoms with E-state index in [2.05, 4.69) is 0 Å². The van der Waals surface area contributed by atoms with Gasteiger partial charge in [-0.2, -0.15) is 0 Å². The number of halogens is 2. The fourth-order valence-electron chi connectivity index (χ4n) is 1.60. The molecule has 0 saturated heterocycles. The van der Waals surface area contributed by atoms with E-state index in [0.29, 0.717) is 17.1 Å². The Bertz CT molecular complexity index is 551. The van der Waals surface area contributed by atoms with Crippen LogP contribution in [-0.2, 0) is 21.9 Å². The summed E-state index contributed by atoms with van der Waals surface area (Å²) in [6, 6.07) is 3.43. The van der Waals surface area contributed by atoms with Gasteiger partial charge in [0, 0.05) is 16.9 Å². The molecule has 0 saturated carbocycles. The number of alkyl halides is 2. The minimum absolute atomic E-state index is 0. The predicted octanol–water partition coefficient (Wildman–Crippen LogP) is -0.509. The van der Waals surface area contributed by atoms with Gasteiger partial charge in [-0.15, -0.1) is 23.2 Å². The minimum Gasteiger partial charge on any atom is -0.748 e. The van der Waals surface area contributed by atoms with Crippen LogP contribution in [0.25, 0.3) is 0 Å². The van der Waals surface area contributed by atoms with Crippen molar-refractivity contribution in [3.63, 3.8) is 0 Å². The van der Waals surface area contributed by atoms with Crippen LogP contribution in [0.2, 0.25) is 0 Å². The van der Waals surface area contributed by atoms with Crippen molar-refractivity contribution < 1.29 is 52.0 Å². The van der Waals surface area contributed by atoms with Crippen LogP contribution in [0.4, 0.5) is 0 Å². The van der Waals surface area contributed by atoms with Crippen LogP contribution >= 0.6 is 23.2 Å². The second-order valence-corrected chi connectivity index (χ2v) is 6.06. The van der Waals surface area contributed by atoms with Crippen LogP contribution in [0, 0.1) is 0 Å². The predicted molar refractivity (Wildman–Crippen MR) is 76.8 cm³/mol. The first-order chi connectivity index (χ1) is 9.41. The van der Waals surface area contributed by atoms with Crippen molar-refractivity contribution >= 4 is 33.3 Å². The normalized spacial score (nSPS) is 10.9. The zero-order valence-corrected chi connectivity index (χ0v) is 16.2. The molecule has 0 bridgehead atoms. The molecule has 0 radical (unpaired) electrons. The minimum atomic E-state index is -4.21. The van der Waals surface area contributed by atoms with Crippen LogP contribution in [0.1, 0.15) is 17.5 Å². The second-order valence-electron chi connectivity index (χ2n) is 4.00. The average Bonchev–Trinajstić information content (AvgIpc) is 2.41. The van der Waals surface area contributed by atoms with Gasteiger partial charge in [-0.05, 0) is 18.6 Å². The first-order valence-electron chi connectivity index (χ1n) is 5.79. The van der Waals surface area contributed by atoms with E-state index in [0.717, 1.165) is 5.56 Å². The van der Waals surface area contributed by atoms with E-state index in [-0.39, 0.29) is 54.3 Å². The van der Waals surface area contributed by atoms with Gasteiger partial charge < -0.3 is 14.0 Å². The molecular formula is C12H15Cl2NaO5S. The molecule has 0 aromatic heterocycles. The van der Waals surface area contributed by atoms with E-state index < -0.39 is 15.9 Å². The number of rotatable bonds is 8. The maximum Gasteiger partial charge on any atom is 1.00 e. The first kappa shape index (κ1) is 21.3. The smallest absolute Gasteiger partial charge is 0.748 e. The third-order valence-corrected chi connectivity index (χ3v) is 3.91. The Hall–Kier alpha value is 0.310. The van der Waals surface area contributed by atoms with Crippen LogP contribution < -0.4 is 39.0 Å². The van der Waals surface area contributed by atoms with E-state index in [1.807, 2.05) is 0 Å². The molecule has 1 aromatic rings. The molecule has 0 aliphatic carbocycles. The monoisotopic (exact) mass is 364 g/mol. The van der Waals surface area contributed by atoms with E-state index in [9.17, 15) is 13.0 Å². The molecule has 9 heteroatoms. The van der Waals surface area contributed by atoms with E-state index in [4.69, 9.17) is 32.7 Å². The van der Waals surface area contributed by atoms with Crippen molar-refractivity contribution in [3.05, 3.63) is 23.3 Å². The average molecular weight is 365 g/mol. The largest absolute Gasteiger partial charge is 1.00 e. The van der Waals surface area contributed by atoms with E-state index in [1.54, 1.807) is 12.1 Å². The van der Waals surface area contributed by atoms with Crippen LogP contribution in [-0.4, -0.2) is 32.4 Å². The van der Waals surface area contributed by atoms with E-state index in [1.165, 1.54) is 7.11 Å². The third-order valence-electron chi connectivity index (χ3n) is 2.55. The molecule has 5 nitrogen and oxygen atoms in total. The Morgan fingerprint density at radius 3 is 2.14 bits per heavy atom. The molecule has 21 heavy (non-hydrogen) atoms. The Labute approximate surface area is 156 Å². The van der Waals surface area contributed by atoms with Gasteiger partial charge >= 0.3 is 29.6 Å². The van der Waals surface area contributed by atoms with E-state index >= 15 is 0 Å². The van der Waals surface area contributed by atoms with Gasteiger partial charge in [-0.25, -0.2) is 8.42 Å². The molecule has 1 aromatic carbocycles. The number of benzene rings is 1. The summed E-state index contributed by atoms with van der Waals surface area (Å²) in [5.41, 5.74) is 1.46. The zero-order valence-electron chi connectivity index (χ0n) is 11.9. The fraction of sp³-hybridized carbons (Fsp3) is 0.500. The molecule has 0 fully saturated rings. The summed E-state index contributed by atoms with van der Waals surface area (Å²) in [5.74, 6) is 1.14. The molecule has 0 aliphatic heterocycles. The molecule has 0 heterocycles. The first-order valence-corrected chi connectivity index (χ1v) is 8.44. The molecule has 0 amide bonds. The summed E-state index contributed by atoms with van der Waals surface area (Å²) in [6.45, 7) is 0.111. The van der Waals surface area contributed by atoms with Crippen molar-refractivity contribution in [3.8, 4) is 11.5 Å². The number of ether oxygens (including phenoxy) is 2. The summed E-state index contributed by atoms with van der Waals surface area (Å²) in [7, 11) is -2.68. The van der Waals surface area contributed by atoms with Gasteiger partial charge in [0.05, 0.1) is 35.6 Å². The topological polar surface area (TPSA) is 75.7 Å². The summed E-state index contributed by atoms with van der Waals surface area (Å²) in [4.78, 5) is 0. The van der Waals surface area contributed by atoms with Crippen molar-refractivity contribution in [1.29, 1.82) is 0 Å². The van der Waals surface area contributed by atoms with Crippen molar-refractivity contribution in [2.45, 2.75) is 18.2 Å². The molecule has 0 spiro atoms. The quantitative estimate of drug-likeness (QED) is 0.269. The molecule has 114 valence electrons. The molecule has 1 rings (SSSR count). The number of hydrogen-bond acceptors (Lipinski definition) is 5. The van der Waals surface area contributed by atoms with Crippen LogP contribution in [0.15, 0.2) is 12.1 Å². The van der Waals surface area contributed by atoms with Crippen molar-refractivity contribution in [2.75, 3.05) is 19.5 Å². The van der Waals surface area contributed by atoms with Gasteiger partial charge in [0.25, 0.3) is 0 Å². The molecule has 0 atom stereocenters. The van der Waals surface area contributed by atoms with Gasteiger partial charge in [-0.3, -0.25) is 0 Å². The van der Waals surface area contributed by atoms with Crippen molar-refractivity contribution in [2.24, 2.45) is 0 Å². The number of methoxy groups -OCH3 is 1. The molecule has 0 aliphatic rings. The molecule has 0 unspecified atom stereocenters. The van der Waals surface area contributed by atoms with Gasteiger partial charge in [0.15, 0.2) is 0 Å². The molecular weight excluding hydrogens is 350 g/mol. The summed E-state index contributed by atoms with van der Waals surface area (Å²) >= 11 is 11.6. The Morgan fingerprint density at radius 1 is 1.14 bits per heavy atom. The summed E-state index contributed by atoms with van der Waals surface area (Å²) < 4.78 is 42.1. The SMILES string of the molecule is COc1cc(CCl)c(OCCCS(=O)(=O)[O-])cc1CCl.[Na+]. The Balaban J connectivity index is 0.00000400. The fourth-order valence-corrected chi connectivity index (χ4v) is 2.48. The molecule has 0 N–H and O–H groups in total. The second kappa shape index (κ2) is 10.2. The maximum atomic E-state index is 10.5. The summed E-state index contributed by atoms with van der Waals surface area (Å²) in [6.07, 6.45) is 0.121. The summed E-state index contributed by atoms with van der Waals surface area (Å²) in [5, 5.41) is 0. The van der Waals surface area contributed by atoms with Crippen LogP contribution in [0.3, 0.4) is 0 Å². The maximum absolute atomic E-state index is 10.5.